The fourth-order valence-electron chi connectivity index (χ4n) is 5.01. The Bertz CT molecular complexity index is 1950. The number of nitrogens with zero attached hydrogens (tertiary/aromatic N) is 2. The second kappa shape index (κ2) is 12.6. The average molecular weight is 603 g/mol. The van der Waals surface area contributed by atoms with Crippen molar-refractivity contribution < 1.29 is 19.1 Å². The Balaban J connectivity index is 1.11. The zero-order valence-corrected chi connectivity index (χ0v) is 24.4. The molecule has 2 N–H and O–H groups in total. The molecule has 0 aliphatic heterocycles. The summed E-state index contributed by atoms with van der Waals surface area (Å²) in [6.07, 6.45) is 0. The minimum atomic E-state index is -0.600. The van der Waals surface area contributed by atoms with Crippen molar-refractivity contribution in [2.45, 2.75) is 0 Å². The number of ether oxygens (including phenoxy) is 2. The number of carbonyl (C=O) groups excluding carboxylic acids is 2. The van der Waals surface area contributed by atoms with Crippen LogP contribution in [0.4, 0.5) is 0 Å². The normalized spacial score (nSPS) is 10.8. The van der Waals surface area contributed by atoms with Crippen LogP contribution in [0.5, 0.6) is 11.5 Å². The monoisotopic (exact) mass is 602 g/mol. The van der Waals surface area contributed by atoms with E-state index in [2.05, 4.69) is 9.97 Å². The number of esters is 2. The third-order valence-electron chi connectivity index (χ3n) is 7.25. The molecule has 2 heterocycles. The van der Waals surface area contributed by atoms with E-state index in [9.17, 15) is 9.59 Å². The maximum absolute atomic E-state index is 13.4. The molecule has 7 rings (SSSR count). The first kappa shape index (κ1) is 28.2. The second-order valence-corrected chi connectivity index (χ2v) is 10.3. The van der Waals surface area contributed by atoms with Crippen molar-refractivity contribution >= 4 is 11.9 Å². The van der Waals surface area contributed by atoms with Crippen LogP contribution in [-0.2, 0) is 0 Å². The van der Waals surface area contributed by atoms with Crippen LogP contribution in [0.2, 0.25) is 0 Å². The minimum absolute atomic E-state index is 0.225. The van der Waals surface area contributed by atoms with Gasteiger partial charge in [0.1, 0.15) is 34.5 Å². The first-order chi connectivity index (χ1) is 22.6. The number of hydrogen-bond acceptors (Lipinski definition) is 6. The van der Waals surface area contributed by atoms with E-state index in [0.29, 0.717) is 23.0 Å². The van der Waals surface area contributed by atoms with Crippen molar-refractivity contribution in [2.24, 2.45) is 0 Å². The third kappa shape index (κ3) is 5.95. The van der Waals surface area contributed by atoms with E-state index in [4.69, 9.17) is 19.4 Å². The van der Waals surface area contributed by atoms with E-state index in [1.807, 2.05) is 121 Å². The Morgan fingerprint density at radius 1 is 0.413 bits per heavy atom. The predicted molar refractivity (Wildman–Crippen MR) is 175 cm³/mol. The highest BCUT2D eigenvalue weighted by molar-refractivity contribution is 5.97. The van der Waals surface area contributed by atoms with Crippen LogP contribution < -0.4 is 9.47 Å². The van der Waals surface area contributed by atoms with Crippen molar-refractivity contribution in [2.75, 3.05) is 0 Å². The molecule has 0 fully saturated rings. The summed E-state index contributed by atoms with van der Waals surface area (Å²) in [5.74, 6) is 0.457. The Morgan fingerprint density at radius 2 is 0.717 bits per heavy atom. The number of rotatable bonds is 8. The SMILES string of the molecule is O=C(Oc1ccc(OC(=O)c2[nH]c(-c3ccccc3)nc2-c2ccccc2)cc1)c1[nH]c(-c2ccccc2)nc1-c1ccccc1. The summed E-state index contributed by atoms with van der Waals surface area (Å²) in [6, 6.07) is 44.3. The number of imidazole rings is 2. The number of H-pyrrole nitrogens is 2. The third-order valence-corrected chi connectivity index (χ3v) is 7.25. The maximum atomic E-state index is 13.4. The number of nitrogens with one attached hydrogen (secondary N) is 2. The van der Waals surface area contributed by atoms with E-state index < -0.39 is 11.9 Å². The van der Waals surface area contributed by atoms with E-state index in [0.717, 1.165) is 22.3 Å². The number of hydrogen-bond donors (Lipinski definition) is 2. The number of carbonyl (C=O) groups is 2. The Kier molecular flexibility index (Phi) is 7.73. The molecule has 0 radical (unpaired) electrons. The minimum Gasteiger partial charge on any atom is -0.422 e. The number of aromatic amines is 2. The highest BCUT2D eigenvalue weighted by Crippen LogP contribution is 2.29. The van der Waals surface area contributed by atoms with Crippen molar-refractivity contribution in [1.82, 2.24) is 19.9 Å². The fourth-order valence-corrected chi connectivity index (χ4v) is 5.01. The van der Waals surface area contributed by atoms with Gasteiger partial charge in [0.05, 0.1) is 0 Å². The first-order valence-corrected chi connectivity index (χ1v) is 14.6. The van der Waals surface area contributed by atoms with Gasteiger partial charge in [0, 0.05) is 22.3 Å². The van der Waals surface area contributed by atoms with Gasteiger partial charge in [-0.3, -0.25) is 0 Å². The second-order valence-electron chi connectivity index (χ2n) is 10.3. The molecule has 0 unspecified atom stereocenters. The predicted octanol–water partition coefficient (Wildman–Crippen LogP) is 8.24. The van der Waals surface area contributed by atoms with Crippen molar-refractivity contribution in [3.05, 3.63) is 157 Å². The van der Waals surface area contributed by atoms with Gasteiger partial charge < -0.3 is 19.4 Å². The summed E-state index contributed by atoms with van der Waals surface area (Å²) in [5.41, 5.74) is 4.66. The Morgan fingerprint density at radius 3 is 1.04 bits per heavy atom. The molecule has 0 aliphatic rings. The molecule has 0 saturated carbocycles. The molecule has 222 valence electrons. The summed E-state index contributed by atoms with van der Waals surface area (Å²) in [5, 5.41) is 0. The molecule has 7 aromatic rings. The molecule has 0 saturated heterocycles. The van der Waals surface area contributed by atoms with Crippen molar-refractivity contribution in [3.8, 4) is 56.8 Å². The summed E-state index contributed by atoms with van der Waals surface area (Å²) in [6.45, 7) is 0. The summed E-state index contributed by atoms with van der Waals surface area (Å²) >= 11 is 0. The Labute approximate surface area is 264 Å². The van der Waals surface area contributed by atoms with Crippen LogP contribution in [0.25, 0.3) is 45.3 Å². The van der Waals surface area contributed by atoms with Gasteiger partial charge in [-0.2, -0.15) is 0 Å². The molecule has 2 aromatic heterocycles. The van der Waals surface area contributed by atoms with Gasteiger partial charge in [-0.1, -0.05) is 121 Å². The van der Waals surface area contributed by atoms with Gasteiger partial charge in [0.15, 0.2) is 11.4 Å². The average Bonchev–Trinajstić information content (AvgIpc) is 3.77. The molecule has 8 nitrogen and oxygen atoms in total. The lowest BCUT2D eigenvalue weighted by Gasteiger charge is -2.07. The largest absolute Gasteiger partial charge is 0.422 e. The van der Waals surface area contributed by atoms with Crippen molar-refractivity contribution in [1.29, 1.82) is 0 Å². The summed E-state index contributed by atoms with van der Waals surface area (Å²) < 4.78 is 11.4. The molecule has 5 aromatic carbocycles. The number of aromatic nitrogens is 4. The molecular formula is C38H26N4O4. The molecule has 0 bridgehead atoms. The van der Waals surface area contributed by atoms with E-state index in [1.165, 1.54) is 0 Å². The summed E-state index contributed by atoms with van der Waals surface area (Å²) in [4.78, 5) is 42.5. The zero-order chi connectivity index (χ0) is 31.3. The van der Waals surface area contributed by atoms with Gasteiger partial charge in [0.25, 0.3) is 0 Å². The lowest BCUT2D eigenvalue weighted by molar-refractivity contribution is 0.0715. The fraction of sp³-hybridized carbons (Fsp3) is 0. The molecule has 8 heteroatoms. The summed E-state index contributed by atoms with van der Waals surface area (Å²) in [7, 11) is 0. The van der Waals surface area contributed by atoms with Gasteiger partial charge >= 0.3 is 11.9 Å². The highest BCUT2D eigenvalue weighted by atomic mass is 16.5. The highest BCUT2D eigenvalue weighted by Gasteiger charge is 2.23. The zero-order valence-electron chi connectivity index (χ0n) is 24.4. The molecular weight excluding hydrogens is 576 g/mol. The van der Waals surface area contributed by atoms with Gasteiger partial charge in [-0.15, -0.1) is 0 Å². The topological polar surface area (TPSA) is 110 Å². The quantitative estimate of drug-likeness (QED) is 0.134. The molecule has 0 amide bonds. The smallest absolute Gasteiger partial charge is 0.362 e. The lowest BCUT2D eigenvalue weighted by Crippen LogP contribution is -2.11. The maximum Gasteiger partial charge on any atom is 0.362 e. The van der Waals surface area contributed by atoms with Crippen molar-refractivity contribution in [3.63, 3.8) is 0 Å². The van der Waals surface area contributed by atoms with E-state index in [-0.39, 0.29) is 22.9 Å². The lowest BCUT2D eigenvalue weighted by atomic mass is 10.1. The van der Waals surface area contributed by atoms with Crippen LogP contribution in [0.3, 0.4) is 0 Å². The van der Waals surface area contributed by atoms with Crippen LogP contribution in [0, 0.1) is 0 Å². The van der Waals surface area contributed by atoms with Crippen LogP contribution in [0.1, 0.15) is 21.0 Å². The standard InChI is InChI=1S/C38H26N4O4/c43-37(33-31(25-13-5-1-6-14-25)39-35(41-33)27-17-9-3-10-18-27)45-29-21-23-30(24-22-29)46-38(44)34-32(26-15-7-2-8-16-26)40-36(42-34)28-19-11-4-12-20-28/h1-24H,(H,39,41)(H,40,42). The van der Waals surface area contributed by atoms with Gasteiger partial charge in [-0.25, -0.2) is 19.6 Å². The van der Waals surface area contributed by atoms with Crippen LogP contribution >= 0.6 is 0 Å². The first-order valence-electron chi connectivity index (χ1n) is 14.6. The van der Waals surface area contributed by atoms with Gasteiger partial charge in [0.2, 0.25) is 0 Å². The Hall–Kier alpha value is -6.54. The van der Waals surface area contributed by atoms with Crippen LogP contribution in [-0.4, -0.2) is 31.9 Å². The molecule has 0 atom stereocenters. The molecule has 0 aliphatic carbocycles. The number of benzene rings is 5. The molecule has 0 spiro atoms. The van der Waals surface area contributed by atoms with E-state index >= 15 is 0 Å². The molecule has 46 heavy (non-hydrogen) atoms. The van der Waals surface area contributed by atoms with E-state index in [1.54, 1.807) is 24.3 Å². The van der Waals surface area contributed by atoms with Gasteiger partial charge in [-0.05, 0) is 24.3 Å². The van der Waals surface area contributed by atoms with Crippen LogP contribution in [0.15, 0.2) is 146 Å².